The van der Waals surface area contributed by atoms with Crippen LogP contribution in [0.3, 0.4) is 0 Å². The molecule has 3 rings (SSSR count). The summed E-state index contributed by atoms with van der Waals surface area (Å²) in [5.74, 6) is 0.698. The molecule has 0 spiro atoms. The number of fused-ring (bicyclic) bond motifs is 1. The number of H-pyrrole nitrogens is 1. The second-order valence-electron chi connectivity index (χ2n) is 5.01. The minimum Gasteiger partial charge on any atom is -0.310 e. The normalized spacial score (nSPS) is 11.3. The van der Waals surface area contributed by atoms with Crippen molar-refractivity contribution in [3.05, 3.63) is 49.3 Å². The summed E-state index contributed by atoms with van der Waals surface area (Å²) in [6.45, 7) is 2.07. The number of alkyl halides is 1. The number of benzene rings is 1. The van der Waals surface area contributed by atoms with Crippen LogP contribution in [-0.4, -0.2) is 15.3 Å². The number of aryl methyl sites for hydroxylation is 2. The molecule has 0 fully saturated rings. The average Bonchev–Trinajstić information content (AvgIpc) is 2.89. The Morgan fingerprint density at radius 1 is 1.30 bits per heavy atom. The number of nitrogens with zero attached hydrogens (tertiary/aromatic N) is 1. The molecule has 0 bridgehead atoms. The van der Waals surface area contributed by atoms with Gasteiger partial charge in [0, 0.05) is 22.2 Å². The first-order valence-electron chi connectivity index (χ1n) is 7.11. The molecule has 0 atom stereocenters. The fourth-order valence-electron chi connectivity index (χ4n) is 2.51. The maximum atomic E-state index is 12.6. The van der Waals surface area contributed by atoms with Gasteiger partial charge >= 0.3 is 0 Å². The van der Waals surface area contributed by atoms with Crippen molar-refractivity contribution in [2.45, 2.75) is 19.8 Å². The van der Waals surface area contributed by atoms with Crippen molar-refractivity contribution >= 4 is 60.7 Å². The highest BCUT2D eigenvalue weighted by Gasteiger charge is 2.18. The molecule has 0 saturated heterocycles. The fraction of sp³-hybridized carbons (Fsp3) is 0.250. The fourth-order valence-corrected chi connectivity index (χ4v) is 4.34. The van der Waals surface area contributed by atoms with E-state index in [2.05, 4.69) is 32.8 Å². The Labute approximate surface area is 155 Å². The molecule has 0 amide bonds. The van der Waals surface area contributed by atoms with Gasteiger partial charge in [0.1, 0.15) is 10.7 Å². The molecule has 2 heterocycles. The highest BCUT2D eigenvalue weighted by Crippen LogP contribution is 2.38. The van der Waals surface area contributed by atoms with E-state index in [1.165, 1.54) is 0 Å². The van der Waals surface area contributed by atoms with E-state index in [1.807, 2.05) is 6.07 Å². The van der Waals surface area contributed by atoms with E-state index < -0.39 is 0 Å². The van der Waals surface area contributed by atoms with Gasteiger partial charge in [-0.1, -0.05) is 52.1 Å². The molecule has 0 radical (unpaired) electrons. The summed E-state index contributed by atoms with van der Waals surface area (Å²) < 4.78 is 0. The highest BCUT2D eigenvalue weighted by molar-refractivity contribution is 9.09. The van der Waals surface area contributed by atoms with Crippen molar-refractivity contribution in [3.63, 3.8) is 0 Å². The minimum atomic E-state index is -0.108. The smallest absolute Gasteiger partial charge is 0.260 e. The van der Waals surface area contributed by atoms with Crippen molar-refractivity contribution < 1.29 is 0 Å². The summed E-state index contributed by atoms with van der Waals surface area (Å²) >= 11 is 17.1. The van der Waals surface area contributed by atoms with Crippen molar-refractivity contribution in [2.24, 2.45) is 0 Å². The summed E-state index contributed by atoms with van der Waals surface area (Å²) in [6.07, 6.45) is 1.51. The second-order valence-corrected chi connectivity index (χ2v) is 7.71. The number of aromatic amines is 1. The van der Waals surface area contributed by atoms with E-state index >= 15 is 0 Å². The molecule has 120 valence electrons. The standard InChI is InChI=1S/C16H13BrCl2N2OS/c1-2-11-13(8-3-4-9(18)10(19)7-8)14-15(22)20-12(5-6-17)21-16(14)23-11/h3-4,7H,2,5-6H2,1H3,(H,20,21,22). The van der Waals surface area contributed by atoms with E-state index in [1.54, 1.807) is 23.5 Å². The van der Waals surface area contributed by atoms with Gasteiger partial charge in [0.2, 0.25) is 0 Å². The SMILES string of the molecule is CCc1sc2nc(CCBr)[nH]c(=O)c2c1-c1ccc(Cl)c(Cl)c1. The Hall–Kier alpha value is -0.880. The first-order chi connectivity index (χ1) is 11.0. The zero-order chi connectivity index (χ0) is 16.6. The maximum Gasteiger partial charge on any atom is 0.260 e. The molecular weight excluding hydrogens is 419 g/mol. The lowest BCUT2D eigenvalue weighted by molar-refractivity contribution is 0.960. The monoisotopic (exact) mass is 430 g/mol. The molecule has 1 aromatic carbocycles. The summed E-state index contributed by atoms with van der Waals surface area (Å²) in [7, 11) is 0. The molecule has 23 heavy (non-hydrogen) atoms. The molecule has 0 aliphatic carbocycles. The van der Waals surface area contributed by atoms with Gasteiger partial charge in [0.05, 0.1) is 15.4 Å². The predicted molar refractivity (Wildman–Crippen MR) is 103 cm³/mol. The minimum absolute atomic E-state index is 0.108. The maximum absolute atomic E-state index is 12.6. The van der Waals surface area contributed by atoms with Crippen LogP contribution in [0.4, 0.5) is 0 Å². The van der Waals surface area contributed by atoms with Crippen LogP contribution in [0.2, 0.25) is 10.0 Å². The van der Waals surface area contributed by atoms with E-state index in [0.29, 0.717) is 27.7 Å². The first-order valence-corrected chi connectivity index (χ1v) is 9.80. The number of thiophene rings is 1. The molecular formula is C16H13BrCl2N2OS. The van der Waals surface area contributed by atoms with Crippen molar-refractivity contribution in [1.29, 1.82) is 0 Å². The van der Waals surface area contributed by atoms with Crippen molar-refractivity contribution in [1.82, 2.24) is 9.97 Å². The molecule has 0 saturated carbocycles. The van der Waals surface area contributed by atoms with Gasteiger partial charge in [-0.2, -0.15) is 0 Å². The third-order valence-corrected chi connectivity index (χ3v) is 5.91. The first kappa shape index (κ1) is 17.0. The molecule has 3 aromatic rings. The van der Waals surface area contributed by atoms with Gasteiger partial charge in [-0.15, -0.1) is 11.3 Å². The van der Waals surface area contributed by atoms with Crippen molar-refractivity contribution in [3.8, 4) is 11.1 Å². The Morgan fingerprint density at radius 3 is 2.74 bits per heavy atom. The molecule has 0 aliphatic rings. The van der Waals surface area contributed by atoms with Crippen LogP contribution in [0.1, 0.15) is 17.6 Å². The van der Waals surface area contributed by atoms with E-state index in [9.17, 15) is 4.79 Å². The van der Waals surface area contributed by atoms with Crippen LogP contribution in [-0.2, 0) is 12.8 Å². The lowest BCUT2D eigenvalue weighted by Gasteiger charge is -2.05. The highest BCUT2D eigenvalue weighted by atomic mass is 79.9. The van der Waals surface area contributed by atoms with Crippen LogP contribution in [0.5, 0.6) is 0 Å². The van der Waals surface area contributed by atoms with Crippen LogP contribution >= 0.6 is 50.5 Å². The van der Waals surface area contributed by atoms with Crippen molar-refractivity contribution in [2.75, 3.05) is 5.33 Å². The zero-order valence-corrected chi connectivity index (χ0v) is 16.2. The van der Waals surface area contributed by atoms with E-state index in [4.69, 9.17) is 23.2 Å². The van der Waals surface area contributed by atoms with Gasteiger partial charge in [0.15, 0.2) is 0 Å². The number of aromatic nitrogens is 2. The summed E-state index contributed by atoms with van der Waals surface area (Å²) in [5, 5.41) is 2.36. The quantitative estimate of drug-likeness (QED) is 0.557. The lowest BCUT2D eigenvalue weighted by atomic mass is 10.0. The summed E-state index contributed by atoms with van der Waals surface area (Å²) in [6, 6.07) is 5.44. The predicted octanol–water partition coefficient (Wildman–Crippen LogP) is 5.46. The number of halogens is 3. The Kier molecular flexibility index (Phi) is 5.11. The molecule has 0 unspecified atom stereocenters. The summed E-state index contributed by atoms with van der Waals surface area (Å²) in [5.41, 5.74) is 1.69. The Balaban J connectivity index is 2.30. The van der Waals surface area contributed by atoms with Crippen LogP contribution in [0.15, 0.2) is 23.0 Å². The molecule has 0 aliphatic heterocycles. The molecule has 2 aromatic heterocycles. The summed E-state index contributed by atoms with van der Waals surface area (Å²) in [4.78, 5) is 21.9. The number of nitrogens with one attached hydrogen (secondary N) is 1. The van der Waals surface area contributed by atoms with Crippen LogP contribution in [0, 0.1) is 0 Å². The third kappa shape index (κ3) is 3.20. The van der Waals surface area contributed by atoms with Gasteiger partial charge in [-0.3, -0.25) is 4.79 Å². The molecule has 1 N–H and O–H groups in total. The Morgan fingerprint density at radius 2 is 2.09 bits per heavy atom. The Bertz CT molecular complexity index is 936. The van der Waals surface area contributed by atoms with Gasteiger partial charge in [0.25, 0.3) is 5.56 Å². The van der Waals surface area contributed by atoms with E-state index in [0.717, 1.165) is 32.6 Å². The number of hydrogen-bond acceptors (Lipinski definition) is 3. The average molecular weight is 432 g/mol. The third-order valence-electron chi connectivity index (χ3n) is 3.54. The van der Waals surface area contributed by atoms with Crippen LogP contribution in [0.25, 0.3) is 21.3 Å². The zero-order valence-electron chi connectivity index (χ0n) is 12.3. The second kappa shape index (κ2) is 6.93. The van der Waals surface area contributed by atoms with Gasteiger partial charge < -0.3 is 4.98 Å². The number of hydrogen-bond donors (Lipinski definition) is 1. The topological polar surface area (TPSA) is 45.8 Å². The van der Waals surface area contributed by atoms with Gasteiger partial charge in [-0.25, -0.2) is 4.98 Å². The van der Waals surface area contributed by atoms with Crippen LogP contribution < -0.4 is 5.56 Å². The largest absolute Gasteiger partial charge is 0.310 e. The lowest BCUT2D eigenvalue weighted by Crippen LogP contribution is -2.11. The molecule has 7 heteroatoms. The van der Waals surface area contributed by atoms with Gasteiger partial charge in [-0.05, 0) is 24.1 Å². The number of rotatable bonds is 4. The molecule has 3 nitrogen and oxygen atoms in total. The van der Waals surface area contributed by atoms with E-state index in [-0.39, 0.29) is 5.56 Å².